The van der Waals surface area contributed by atoms with Gasteiger partial charge in [-0.3, -0.25) is 15.1 Å². The quantitative estimate of drug-likeness (QED) is 0.155. The van der Waals surface area contributed by atoms with Crippen molar-refractivity contribution in [1.29, 1.82) is 0 Å². The number of nitrogens with one attached hydrogen (secondary N) is 4. The first kappa shape index (κ1) is 53.8. The third kappa shape index (κ3) is 17.1. The van der Waals surface area contributed by atoms with Crippen LogP contribution in [0.4, 0.5) is 0 Å². The second-order valence-electron chi connectivity index (χ2n) is 25.9. The fourth-order valence-corrected chi connectivity index (χ4v) is 11.5. The van der Waals surface area contributed by atoms with Crippen molar-refractivity contribution < 1.29 is 0 Å². The van der Waals surface area contributed by atoms with Crippen molar-refractivity contribution in [2.75, 3.05) is 13.6 Å². The molecule has 0 aromatic heterocycles. The molecule has 8 heteroatoms. The zero-order valence-corrected chi connectivity index (χ0v) is 43.1. The molecule has 7 fully saturated rings. The smallest absolute Gasteiger partial charge is 0.0648 e. The van der Waals surface area contributed by atoms with Crippen molar-refractivity contribution in [3.8, 4) is 0 Å². The lowest BCUT2D eigenvalue weighted by Crippen LogP contribution is -2.56. The molecule has 6 aliphatic heterocycles. The highest BCUT2D eigenvalue weighted by Crippen LogP contribution is 2.42. The van der Waals surface area contributed by atoms with Gasteiger partial charge in [0.15, 0.2) is 0 Å². The summed E-state index contributed by atoms with van der Waals surface area (Å²) in [5.74, 6) is 0. The summed E-state index contributed by atoms with van der Waals surface area (Å²) in [7, 11) is 2.23. The van der Waals surface area contributed by atoms with Crippen LogP contribution in [0.15, 0.2) is 0 Å². The molecule has 7 rings (SSSR count). The predicted molar refractivity (Wildman–Crippen MR) is 257 cm³/mol. The maximum Gasteiger partial charge on any atom is 0.0648 e. The largest absolute Gasteiger partial charge is 0.314 e. The van der Waals surface area contributed by atoms with Gasteiger partial charge in [-0.1, -0.05) is 19.8 Å². The van der Waals surface area contributed by atoms with Crippen LogP contribution in [0.3, 0.4) is 0 Å². The predicted octanol–water partition coefficient (Wildman–Crippen LogP) is 10.6. The van der Waals surface area contributed by atoms with Gasteiger partial charge in [-0.2, -0.15) is 0 Å². The van der Waals surface area contributed by atoms with Gasteiger partial charge in [0.25, 0.3) is 0 Å². The first-order valence-corrected chi connectivity index (χ1v) is 24.1. The molecular formula is C50H106N8. The van der Waals surface area contributed by atoms with E-state index in [1.54, 1.807) is 0 Å². The molecule has 1 aliphatic carbocycles. The third-order valence-electron chi connectivity index (χ3n) is 15.3. The Morgan fingerprint density at radius 2 is 0.828 bits per heavy atom. The number of nitrogens with two attached hydrogens (primary N) is 2. The minimum Gasteiger partial charge on any atom is -0.314 e. The maximum absolute atomic E-state index is 5.76. The van der Waals surface area contributed by atoms with Crippen LogP contribution in [0.25, 0.3) is 0 Å². The molecule has 0 aromatic rings. The summed E-state index contributed by atoms with van der Waals surface area (Å²) in [5, 5.41) is 14.0. The van der Waals surface area contributed by atoms with Crippen LogP contribution in [0, 0.1) is 0 Å². The van der Waals surface area contributed by atoms with E-state index in [0.29, 0.717) is 49.9 Å². The van der Waals surface area contributed by atoms with Gasteiger partial charge in [-0.05, 0) is 235 Å². The highest BCUT2D eigenvalue weighted by atomic mass is 15.3. The van der Waals surface area contributed by atoms with Crippen molar-refractivity contribution in [1.82, 2.24) is 31.1 Å². The molecule has 6 saturated heterocycles. The number of nitrogens with zero attached hydrogens (tertiary/aromatic N) is 2. The molecule has 0 amide bonds. The summed E-state index contributed by atoms with van der Waals surface area (Å²) in [6.45, 7) is 46.6. The molecule has 3 unspecified atom stereocenters. The summed E-state index contributed by atoms with van der Waals surface area (Å²) >= 11 is 0. The van der Waals surface area contributed by atoms with Gasteiger partial charge < -0.3 is 27.4 Å². The third-order valence-corrected chi connectivity index (χ3v) is 15.3. The van der Waals surface area contributed by atoms with E-state index in [0.717, 1.165) is 18.9 Å². The van der Waals surface area contributed by atoms with Crippen LogP contribution < -0.4 is 32.7 Å². The average molecular weight is 819 g/mol. The Hall–Kier alpha value is -0.320. The van der Waals surface area contributed by atoms with E-state index in [1.807, 2.05) is 13.8 Å². The van der Waals surface area contributed by atoms with Gasteiger partial charge in [0.2, 0.25) is 0 Å². The maximum atomic E-state index is 5.76. The van der Waals surface area contributed by atoms with Gasteiger partial charge in [0.05, 0.1) is 11.3 Å². The zero-order chi connectivity index (χ0) is 45.1. The second kappa shape index (κ2) is 19.2. The molecule has 6 heterocycles. The van der Waals surface area contributed by atoms with E-state index < -0.39 is 0 Å². The summed E-state index contributed by atoms with van der Waals surface area (Å²) < 4.78 is 0. The Labute approximate surface area is 363 Å². The van der Waals surface area contributed by atoms with Crippen molar-refractivity contribution in [3.05, 3.63) is 0 Å². The van der Waals surface area contributed by atoms with Crippen molar-refractivity contribution in [2.24, 2.45) is 11.5 Å². The van der Waals surface area contributed by atoms with Gasteiger partial charge in [0.1, 0.15) is 0 Å². The molecule has 3 atom stereocenters. The van der Waals surface area contributed by atoms with Crippen molar-refractivity contribution in [2.45, 2.75) is 308 Å². The first-order valence-electron chi connectivity index (χ1n) is 24.1. The lowest BCUT2D eigenvalue weighted by atomic mass is 9.95. The summed E-state index contributed by atoms with van der Waals surface area (Å²) in [6.07, 6.45) is 21.1. The highest BCUT2D eigenvalue weighted by Gasteiger charge is 2.45. The van der Waals surface area contributed by atoms with Crippen LogP contribution >= 0.6 is 0 Å². The SMILES string of the molecule is CC1(C)CCC(C)(C)N1.CC1(C)CCC2(CCCC2)N1.CC1(N)CCC(C)(N)N1.CC1CCC(C)(C)N1.CCN1C(C)(C)CCC1(C)C.CN1C(C)(C)CCC1(C)C. The standard InChI is InChI=1S/C10H19N.C10H21N.C9H19N.C8H17N.C7H15N.C6H15N3/c1-9(2)7-8-10(11-9)5-3-4-6-10;1-6-11-9(2,3)7-8-10(11,4)5;1-8(2)6-7-9(3,4)10(8)5;1-7(2)5-6-8(3,4)9-7;1-6-4-5-7(2,3)8-6;1-5(7)3-4-6(2,8)9-5/h11H,3-8H2,1-2H3;6-8H2,1-5H3;6-7H2,1-5H3;9H,5-6H2,1-4H3;6,8H,4-5H2,1-3H3;9H,3-4,7-8H2,1-2H3. The van der Waals surface area contributed by atoms with E-state index in [-0.39, 0.29) is 11.3 Å². The lowest BCUT2D eigenvalue weighted by Gasteiger charge is -2.39. The number of likely N-dealkylation sites (tertiary alicyclic amines) is 2. The lowest BCUT2D eigenvalue weighted by molar-refractivity contribution is 0.0866. The highest BCUT2D eigenvalue weighted by molar-refractivity contribution is 5.05. The monoisotopic (exact) mass is 819 g/mol. The van der Waals surface area contributed by atoms with Crippen LogP contribution in [0.1, 0.15) is 241 Å². The van der Waals surface area contributed by atoms with E-state index in [1.165, 1.54) is 96.4 Å². The molecule has 346 valence electrons. The molecule has 0 aromatic carbocycles. The topological polar surface area (TPSA) is 107 Å². The van der Waals surface area contributed by atoms with E-state index in [9.17, 15) is 0 Å². The van der Waals surface area contributed by atoms with E-state index in [2.05, 4.69) is 163 Å². The van der Waals surface area contributed by atoms with E-state index >= 15 is 0 Å². The Balaban J connectivity index is 0.000000241. The molecule has 1 saturated carbocycles. The average Bonchev–Trinajstić information content (AvgIpc) is 3.88. The molecule has 8 nitrogen and oxygen atoms in total. The summed E-state index contributed by atoms with van der Waals surface area (Å²) in [6, 6.07) is 0.741. The van der Waals surface area contributed by atoms with Gasteiger partial charge in [-0.15, -0.1) is 0 Å². The normalized spacial score (nSPS) is 34.9. The van der Waals surface area contributed by atoms with Crippen LogP contribution in [0.2, 0.25) is 0 Å². The number of hydrogen-bond acceptors (Lipinski definition) is 8. The molecule has 7 aliphatic rings. The van der Waals surface area contributed by atoms with Crippen LogP contribution in [-0.4, -0.2) is 90.6 Å². The van der Waals surface area contributed by atoms with Crippen LogP contribution in [-0.2, 0) is 0 Å². The number of hydrogen-bond donors (Lipinski definition) is 6. The molecular weight excluding hydrogens is 713 g/mol. The molecule has 0 radical (unpaired) electrons. The fourth-order valence-electron chi connectivity index (χ4n) is 11.5. The van der Waals surface area contributed by atoms with Gasteiger partial charge >= 0.3 is 0 Å². The first-order chi connectivity index (χ1) is 25.8. The molecule has 1 spiro atoms. The Morgan fingerprint density at radius 3 is 1.02 bits per heavy atom. The summed E-state index contributed by atoms with van der Waals surface area (Å²) in [4.78, 5) is 5.10. The second-order valence-corrected chi connectivity index (χ2v) is 25.9. The Morgan fingerprint density at radius 1 is 0.448 bits per heavy atom. The minimum absolute atomic E-state index is 0.247. The number of rotatable bonds is 1. The molecule has 8 N–H and O–H groups in total. The minimum atomic E-state index is -0.247. The van der Waals surface area contributed by atoms with Crippen molar-refractivity contribution in [3.63, 3.8) is 0 Å². The summed E-state index contributed by atoms with van der Waals surface area (Å²) in [5.41, 5.74) is 14.9. The Bertz CT molecular complexity index is 1160. The Kier molecular flexibility index (Phi) is 17.8. The fraction of sp³-hybridized carbons (Fsp3) is 1.00. The molecule has 58 heavy (non-hydrogen) atoms. The van der Waals surface area contributed by atoms with Crippen LogP contribution in [0.5, 0.6) is 0 Å². The van der Waals surface area contributed by atoms with E-state index in [4.69, 9.17) is 11.5 Å². The van der Waals surface area contributed by atoms with Gasteiger partial charge in [-0.25, -0.2) is 0 Å². The van der Waals surface area contributed by atoms with Crippen molar-refractivity contribution >= 4 is 0 Å². The molecule has 0 bridgehead atoms. The van der Waals surface area contributed by atoms with Gasteiger partial charge in [0, 0.05) is 55.9 Å². The zero-order valence-electron chi connectivity index (χ0n) is 43.1.